The first-order valence-corrected chi connectivity index (χ1v) is 5.40. The lowest BCUT2D eigenvalue weighted by molar-refractivity contribution is 0.153. The van der Waals surface area contributed by atoms with Crippen LogP contribution in [0.3, 0.4) is 0 Å². The van der Waals surface area contributed by atoms with Crippen LogP contribution in [0, 0.1) is 13.8 Å². The number of aliphatic hydroxyl groups is 1. The molecule has 1 aromatic rings. The Balaban J connectivity index is 2.20. The highest BCUT2D eigenvalue weighted by molar-refractivity contribution is 5.32. The van der Waals surface area contributed by atoms with E-state index < -0.39 is 0 Å². The van der Waals surface area contributed by atoms with Crippen LogP contribution in [0.15, 0.2) is 6.07 Å². The third-order valence-corrected chi connectivity index (χ3v) is 2.65. The van der Waals surface area contributed by atoms with E-state index in [0.717, 1.165) is 36.7 Å². The van der Waals surface area contributed by atoms with E-state index in [0.29, 0.717) is 6.54 Å². The van der Waals surface area contributed by atoms with Gasteiger partial charge in [-0.2, -0.15) is 0 Å². The van der Waals surface area contributed by atoms with Gasteiger partial charge < -0.3 is 10.0 Å². The normalized spacial score (nSPS) is 21.8. The number of hydrogen-bond donors (Lipinski definition) is 1. The Bertz CT molecular complexity index is 333. The number of hydrogen-bond acceptors (Lipinski definition) is 4. The van der Waals surface area contributed by atoms with Crippen LogP contribution in [0.5, 0.6) is 0 Å². The standard InChI is InChI=1S/C11H17N3O/c1-8-6-9(2)13-11(12-8)14-5-3-4-10(15)7-14/h6,10,15H,3-5,7H2,1-2H3. The van der Waals surface area contributed by atoms with Gasteiger partial charge in [-0.1, -0.05) is 0 Å². The van der Waals surface area contributed by atoms with E-state index >= 15 is 0 Å². The molecule has 0 aromatic carbocycles. The Labute approximate surface area is 90.0 Å². The van der Waals surface area contributed by atoms with Crippen LogP contribution >= 0.6 is 0 Å². The maximum absolute atomic E-state index is 9.58. The first-order chi connectivity index (χ1) is 7.15. The van der Waals surface area contributed by atoms with Gasteiger partial charge in [0.15, 0.2) is 0 Å². The summed E-state index contributed by atoms with van der Waals surface area (Å²) in [6, 6.07) is 1.96. The van der Waals surface area contributed by atoms with Crippen molar-refractivity contribution in [2.75, 3.05) is 18.0 Å². The number of β-amino-alcohol motifs (C(OH)–C–C–N with tert-alkyl or cyclic N) is 1. The Morgan fingerprint density at radius 3 is 2.60 bits per heavy atom. The largest absolute Gasteiger partial charge is 0.391 e. The lowest BCUT2D eigenvalue weighted by Gasteiger charge is -2.30. The molecule has 2 rings (SSSR count). The molecule has 0 spiro atoms. The lowest BCUT2D eigenvalue weighted by atomic mass is 10.1. The van der Waals surface area contributed by atoms with Gasteiger partial charge >= 0.3 is 0 Å². The minimum absolute atomic E-state index is 0.233. The minimum atomic E-state index is -0.233. The molecule has 1 aliphatic rings. The van der Waals surface area contributed by atoms with Crippen LogP contribution in [-0.4, -0.2) is 34.3 Å². The summed E-state index contributed by atoms with van der Waals surface area (Å²) >= 11 is 0. The summed E-state index contributed by atoms with van der Waals surface area (Å²) in [5, 5.41) is 9.58. The highest BCUT2D eigenvalue weighted by Crippen LogP contribution is 2.16. The van der Waals surface area contributed by atoms with Crippen molar-refractivity contribution in [3.8, 4) is 0 Å². The number of rotatable bonds is 1. The van der Waals surface area contributed by atoms with Gasteiger partial charge in [-0.3, -0.25) is 0 Å². The van der Waals surface area contributed by atoms with Crippen molar-refractivity contribution < 1.29 is 5.11 Å². The minimum Gasteiger partial charge on any atom is -0.391 e. The number of aromatic nitrogens is 2. The Hall–Kier alpha value is -1.16. The summed E-state index contributed by atoms with van der Waals surface area (Å²) in [7, 11) is 0. The zero-order valence-corrected chi connectivity index (χ0v) is 9.27. The molecule has 1 atom stereocenters. The van der Waals surface area contributed by atoms with Crippen LogP contribution in [-0.2, 0) is 0 Å². The molecule has 1 N–H and O–H groups in total. The van der Waals surface area contributed by atoms with E-state index in [9.17, 15) is 5.11 Å². The van der Waals surface area contributed by atoms with E-state index in [1.54, 1.807) is 0 Å². The maximum atomic E-state index is 9.58. The molecule has 1 fully saturated rings. The Morgan fingerprint density at radius 2 is 2.00 bits per heavy atom. The van der Waals surface area contributed by atoms with Gasteiger partial charge in [-0.25, -0.2) is 9.97 Å². The molecule has 0 radical (unpaired) electrons. The van der Waals surface area contributed by atoms with Gasteiger partial charge in [0, 0.05) is 24.5 Å². The summed E-state index contributed by atoms with van der Waals surface area (Å²) < 4.78 is 0. The molecule has 2 heterocycles. The van der Waals surface area contributed by atoms with Crippen LogP contribution < -0.4 is 4.90 Å². The van der Waals surface area contributed by atoms with Crippen molar-refractivity contribution >= 4 is 5.95 Å². The molecule has 4 nitrogen and oxygen atoms in total. The molecule has 1 aromatic heterocycles. The zero-order valence-electron chi connectivity index (χ0n) is 9.27. The van der Waals surface area contributed by atoms with Crippen molar-refractivity contribution in [3.05, 3.63) is 17.5 Å². The SMILES string of the molecule is Cc1cc(C)nc(N2CCCC(O)C2)n1. The van der Waals surface area contributed by atoms with Crippen LogP contribution in [0.4, 0.5) is 5.95 Å². The van der Waals surface area contributed by atoms with E-state index in [4.69, 9.17) is 0 Å². The first-order valence-electron chi connectivity index (χ1n) is 5.40. The first kappa shape index (κ1) is 10.4. The van der Waals surface area contributed by atoms with Crippen LogP contribution in [0.1, 0.15) is 24.2 Å². The smallest absolute Gasteiger partial charge is 0.225 e. The van der Waals surface area contributed by atoms with Crippen molar-refractivity contribution in [3.63, 3.8) is 0 Å². The fourth-order valence-corrected chi connectivity index (χ4v) is 1.99. The number of piperidine rings is 1. The number of aryl methyl sites for hydroxylation is 2. The summed E-state index contributed by atoms with van der Waals surface area (Å²) in [6.07, 6.45) is 1.67. The topological polar surface area (TPSA) is 49.2 Å². The molecule has 1 unspecified atom stereocenters. The fraction of sp³-hybridized carbons (Fsp3) is 0.636. The van der Waals surface area contributed by atoms with E-state index in [1.165, 1.54) is 0 Å². The third kappa shape index (κ3) is 2.45. The van der Waals surface area contributed by atoms with Gasteiger partial charge in [0.25, 0.3) is 0 Å². The van der Waals surface area contributed by atoms with Crippen molar-refractivity contribution in [1.29, 1.82) is 0 Å². The molecule has 0 bridgehead atoms. The summed E-state index contributed by atoms with van der Waals surface area (Å²) in [4.78, 5) is 10.9. The van der Waals surface area contributed by atoms with Gasteiger partial charge in [-0.15, -0.1) is 0 Å². The monoisotopic (exact) mass is 207 g/mol. The predicted molar refractivity (Wildman–Crippen MR) is 59.0 cm³/mol. The molecular weight excluding hydrogens is 190 g/mol. The quantitative estimate of drug-likeness (QED) is 0.748. The fourth-order valence-electron chi connectivity index (χ4n) is 1.99. The second kappa shape index (κ2) is 4.14. The summed E-state index contributed by atoms with van der Waals surface area (Å²) in [5.74, 6) is 0.756. The lowest BCUT2D eigenvalue weighted by Crippen LogP contribution is -2.39. The molecule has 4 heteroatoms. The zero-order chi connectivity index (χ0) is 10.8. The Kier molecular flexibility index (Phi) is 2.86. The van der Waals surface area contributed by atoms with Gasteiger partial charge in [0.1, 0.15) is 0 Å². The van der Waals surface area contributed by atoms with Gasteiger partial charge in [0.05, 0.1) is 6.10 Å². The highest BCUT2D eigenvalue weighted by atomic mass is 16.3. The molecule has 82 valence electrons. The molecule has 15 heavy (non-hydrogen) atoms. The van der Waals surface area contributed by atoms with Crippen molar-refractivity contribution in [2.45, 2.75) is 32.8 Å². The summed E-state index contributed by atoms with van der Waals surface area (Å²) in [6.45, 7) is 5.54. The highest BCUT2D eigenvalue weighted by Gasteiger charge is 2.19. The second-order valence-electron chi connectivity index (χ2n) is 4.19. The van der Waals surface area contributed by atoms with Crippen LogP contribution in [0.2, 0.25) is 0 Å². The maximum Gasteiger partial charge on any atom is 0.225 e. The average Bonchev–Trinajstić information content (AvgIpc) is 2.16. The number of nitrogens with zero attached hydrogens (tertiary/aromatic N) is 3. The molecule has 0 saturated carbocycles. The predicted octanol–water partition coefficient (Wildman–Crippen LogP) is 1.05. The number of aliphatic hydroxyl groups excluding tert-OH is 1. The van der Waals surface area contributed by atoms with Crippen LogP contribution in [0.25, 0.3) is 0 Å². The van der Waals surface area contributed by atoms with E-state index in [2.05, 4.69) is 14.9 Å². The average molecular weight is 207 g/mol. The molecular formula is C11H17N3O. The third-order valence-electron chi connectivity index (χ3n) is 2.65. The Morgan fingerprint density at radius 1 is 1.33 bits per heavy atom. The molecule has 0 aliphatic carbocycles. The van der Waals surface area contributed by atoms with Crippen molar-refractivity contribution in [2.24, 2.45) is 0 Å². The molecule has 0 amide bonds. The van der Waals surface area contributed by atoms with Gasteiger partial charge in [-0.05, 0) is 32.8 Å². The molecule has 1 saturated heterocycles. The van der Waals surface area contributed by atoms with E-state index in [1.807, 2.05) is 19.9 Å². The number of anilines is 1. The second-order valence-corrected chi connectivity index (χ2v) is 4.19. The van der Waals surface area contributed by atoms with Crippen molar-refractivity contribution in [1.82, 2.24) is 9.97 Å². The van der Waals surface area contributed by atoms with E-state index in [-0.39, 0.29) is 6.10 Å². The molecule has 1 aliphatic heterocycles. The van der Waals surface area contributed by atoms with Gasteiger partial charge in [0.2, 0.25) is 5.95 Å². The summed E-state index contributed by atoms with van der Waals surface area (Å²) in [5.41, 5.74) is 1.97.